The monoisotopic (exact) mass is 442 g/mol. The van der Waals surface area contributed by atoms with Crippen LogP contribution in [0.3, 0.4) is 0 Å². The molecule has 0 saturated heterocycles. The van der Waals surface area contributed by atoms with E-state index in [4.69, 9.17) is 10.0 Å². The van der Waals surface area contributed by atoms with Crippen molar-refractivity contribution >= 4 is 7.32 Å². The maximum Gasteiger partial charge on any atom is 2.00 e. The summed E-state index contributed by atoms with van der Waals surface area (Å²) in [4.78, 5) is 0. The third-order valence-corrected chi connectivity index (χ3v) is 3.05. The molecule has 0 unspecified atom stereocenters. The first-order valence-electron chi connectivity index (χ1n) is 7.56. The fraction of sp³-hybridized carbons (Fsp3) is 0.111. The van der Waals surface area contributed by atoms with Gasteiger partial charge in [0.1, 0.15) is 0 Å². The van der Waals surface area contributed by atoms with E-state index in [1.807, 2.05) is 24.3 Å². The van der Waals surface area contributed by atoms with Gasteiger partial charge in [-0.05, 0) is 0 Å². The quantitative estimate of drug-likeness (QED) is 0.206. The maximum atomic E-state index is 12.7. The van der Waals surface area contributed by atoms with Crippen LogP contribution >= 0.6 is 0 Å². The predicted octanol–water partition coefficient (Wildman–Crippen LogP) is 4.16. The molecule has 0 bridgehead atoms. The van der Waals surface area contributed by atoms with E-state index < -0.39 is 42.2 Å². The van der Waals surface area contributed by atoms with E-state index in [9.17, 15) is 22.0 Å². The van der Waals surface area contributed by atoms with Gasteiger partial charge in [-0.1, -0.05) is 13.8 Å². The first-order valence-corrected chi connectivity index (χ1v) is 7.56. The standard InChI is InChI=1S/C6H2BF5O3.2C6H7.Fe/c8-1-2(9)4(11)6(15-7(13)14)5(12)3(1)10;2*1-6-4-2-3-5-6;/h13-14H;2*2-5H,1H3;/q;2*-1;+2. The molecule has 3 aromatic carbocycles. The number of hydrogen-bond donors (Lipinski definition) is 2. The van der Waals surface area contributed by atoms with Gasteiger partial charge >= 0.3 is 24.4 Å². The number of benzene rings is 1. The molecule has 0 aliphatic carbocycles. The number of rotatable bonds is 2. The predicted molar refractivity (Wildman–Crippen MR) is 90.6 cm³/mol. The molecule has 3 aromatic rings. The molecule has 0 aliphatic rings. The van der Waals surface area contributed by atoms with E-state index in [0.717, 1.165) is 0 Å². The van der Waals surface area contributed by atoms with Gasteiger partial charge in [-0.3, -0.25) is 0 Å². The van der Waals surface area contributed by atoms with Crippen molar-refractivity contribution in [1.82, 2.24) is 0 Å². The topological polar surface area (TPSA) is 49.7 Å². The molecule has 10 heteroatoms. The van der Waals surface area contributed by atoms with Crippen molar-refractivity contribution < 1.29 is 53.7 Å². The van der Waals surface area contributed by atoms with E-state index in [1.165, 1.54) is 11.1 Å². The van der Waals surface area contributed by atoms with E-state index in [0.29, 0.717) is 0 Å². The zero-order chi connectivity index (χ0) is 20.6. The molecule has 0 radical (unpaired) electrons. The molecule has 3 nitrogen and oxygen atoms in total. The maximum absolute atomic E-state index is 12.7. The van der Waals surface area contributed by atoms with Gasteiger partial charge in [0.05, 0.1) is 0 Å². The fourth-order valence-corrected chi connectivity index (χ4v) is 1.73. The largest absolute Gasteiger partial charge is 2.00 e. The third kappa shape index (κ3) is 7.86. The molecule has 0 saturated carbocycles. The normalized spacial score (nSPS) is 9.32. The average Bonchev–Trinajstić information content (AvgIpc) is 3.29. The van der Waals surface area contributed by atoms with Crippen LogP contribution in [0.15, 0.2) is 48.5 Å². The minimum absolute atomic E-state index is 0. The van der Waals surface area contributed by atoms with Crippen LogP contribution in [-0.2, 0) is 17.1 Å². The summed E-state index contributed by atoms with van der Waals surface area (Å²) in [5.74, 6) is -13.1. The molecule has 0 fully saturated rings. The summed E-state index contributed by atoms with van der Waals surface area (Å²) in [5.41, 5.74) is 2.69. The summed E-state index contributed by atoms with van der Waals surface area (Å²) < 4.78 is 66.3. The van der Waals surface area contributed by atoms with Gasteiger partial charge in [0.15, 0.2) is 5.75 Å². The number of hydrogen-bond acceptors (Lipinski definition) is 3. The molecule has 3 rings (SSSR count). The Balaban J connectivity index is 0.000000459. The van der Waals surface area contributed by atoms with Crippen LogP contribution in [-0.4, -0.2) is 17.4 Å². The Morgan fingerprint density at radius 3 is 1.32 bits per heavy atom. The second-order valence-corrected chi connectivity index (χ2v) is 5.27. The molecule has 2 N–H and O–H groups in total. The average molecular weight is 442 g/mol. The Labute approximate surface area is 169 Å². The summed E-state index contributed by atoms with van der Waals surface area (Å²) in [5, 5.41) is 16.3. The van der Waals surface area contributed by atoms with Crippen LogP contribution in [0.5, 0.6) is 5.75 Å². The van der Waals surface area contributed by atoms with Gasteiger partial charge in [-0.2, -0.15) is 44.2 Å². The Morgan fingerprint density at radius 2 is 1.11 bits per heavy atom. The SMILES string of the molecule is Cc1ccc[cH-]1.Cc1ccc[cH-]1.OB(O)Oc1c(F)c(F)c(F)c(F)c1F.[Fe+2]. The summed E-state index contributed by atoms with van der Waals surface area (Å²) in [7, 11) is -2.70. The van der Waals surface area contributed by atoms with Crippen LogP contribution in [0.25, 0.3) is 0 Å². The number of aryl methyl sites for hydroxylation is 2. The Hall–Kier alpha value is -2.13. The molecule has 152 valence electrons. The Bertz CT molecular complexity index is 763. The third-order valence-electron chi connectivity index (χ3n) is 3.05. The summed E-state index contributed by atoms with van der Waals surface area (Å²) in [6, 6.07) is 16.5. The molecule has 0 spiro atoms. The molecular weight excluding hydrogens is 426 g/mol. The van der Waals surface area contributed by atoms with Crippen molar-refractivity contribution in [2.24, 2.45) is 0 Å². The Kier molecular flexibility index (Phi) is 11.4. The van der Waals surface area contributed by atoms with Crippen LogP contribution in [0.2, 0.25) is 0 Å². The molecule has 28 heavy (non-hydrogen) atoms. The van der Waals surface area contributed by atoms with Crippen molar-refractivity contribution in [3.05, 3.63) is 88.7 Å². The second kappa shape index (κ2) is 12.4. The van der Waals surface area contributed by atoms with Crippen molar-refractivity contribution in [1.29, 1.82) is 0 Å². The van der Waals surface area contributed by atoms with Crippen molar-refractivity contribution in [2.75, 3.05) is 0 Å². The minimum atomic E-state index is -2.70. The van der Waals surface area contributed by atoms with Crippen molar-refractivity contribution in [3.8, 4) is 5.75 Å². The van der Waals surface area contributed by atoms with Gasteiger partial charge in [-0.15, -0.1) is 0 Å². The van der Waals surface area contributed by atoms with Gasteiger partial charge < -0.3 is 14.7 Å². The van der Waals surface area contributed by atoms with E-state index in [1.54, 1.807) is 0 Å². The van der Waals surface area contributed by atoms with Gasteiger partial charge in [0.2, 0.25) is 29.1 Å². The van der Waals surface area contributed by atoms with Gasteiger partial charge in [0, 0.05) is 0 Å². The van der Waals surface area contributed by atoms with E-state index >= 15 is 0 Å². The van der Waals surface area contributed by atoms with Crippen LogP contribution in [0.4, 0.5) is 22.0 Å². The van der Waals surface area contributed by atoms with Gasteiger partial charge in [-0.25, -0.2) is 37.4 Å². The summed E-state index contributed by atoms with van der Waals surface area (Å²) in [6.07, 6.45) is 0. The number of halogens is 5. The molecule has 0 atom stereocenters. The van der Waals surface area contributed by atoms with Crippen LogP contribution in [0, 0.1) is 42.9 Å². The van der Waals surface area contributed by atoms with Crippen LogP contribution < -0.4 is 4.65 Å². The van der Waals surface area contributed by atoms with E-state index in [-0.39, 0.29) is 17.1 Å². The molecule has 0 aliphatic heterocycles. The fourth-order valence-electron chi connectivity index (χ4n) is 1.73. The summed E-state index contributed by atoms with van der Waals surface area (Å²) in [6.45, 7) is 4.17. The van der Waals surface area contributed by atoms with Crippen molar-refractivity contribution in [3.63, 3.8) is 0 Å². The first kappa shape index (κ1) is 25.9. The smallest absolute Gasteiger partial charge is 0.507 e. The van der Waals surface area contributed by atoms with E-state index in [2.05, 4.69) is 42.8 Å². The Morgan fingerprint density at radius 1 is 0.750 bits per heavy atom. The second-order valence-electron chi connectivity index (χ2n) is 5.27. The van der Waals surface area contributed by atoms with Crippen molar-refractivity contribution in [2.45, 2.75) is 13.8 Å². The molecule has 0 aromatic heterocycles. The minimum Gasteiger partial charge on any atom is -0.507 e. The first-order chi connectivity index (χ1) is 12.6. The van der Waals surface area contributed by atoms with Crippen LogP contribution in [0.1, 0.15) is 11.1 Å². The molecule has 0 amide bonds. The molecule has 0 heterocycles. The summed E-state index contributed by atoms with van der Waals surface area (Å²) >= 11 is 0. The zero-order valence-corrected chi connectivity index (χ0v) is 15.8. The zero-order valence-electron chi connectivity index (χ0n) is 14.7. The molecular formula is C18H16BF5FeO3. The van der Waals surface area contributed by atoms with Gasteiger partial charge in [0.25, 0.3) is 0 Å².